The summed E-state index contributed by atoms with van der Waals surface area (Å²) in [6.07, 6.45) is 1.59. The van der Waals surface area contributed by atoms with E-state index in [1.54, 1.807) is 0 Å². The van der Waals surface area contributed by atoms with Gasteiger partial charge in [-0.3, -0.25) is 0 Å². The van der Waals surface area contributed by atoms with Crippen LogP contribution in [0, 0.1) is 0 Å². The number of hydrogen-bond acceptors (Lipinski definition) is 5. The van der Waals surface area contributed by atoms with Gasteiger partial charge in [-0.05, 0) is 12.0 Å². The molecule has 0 aliphatic heterocycles. The number of aromatic hydroxyl groups is 1. The summed E-state index contributed by atoms with van der Waals surface area (Å²) in [5.41, 5.74) is 3.16. The lowest BCUT2D eigenvalue weighted by atomic mass is 9.95. The molecule has 116 valence electrons. The van der Waals surface area contributed by atoms with Gasteiger partial charge in [-0.1, -0.05) is 43.8 Å². The number of rotatable bonds is 4. The number of nitrogens with one attached hydrogen (secondary N) is 1. The molecule has 0 spiro atoms. The van der Waals surface area contributed by atoms with Crippen molar-refractivity contribution in [1.82, 2.24) is 15.4 Å². The van der Waals surface area contributed by atoms with Crippen LogP contribution in [0.3, 0.4) is 0 Å². The van der Waals surface area contributed by atoms with Crippen LogP contribution in [-0.2, 0) is 11.2 Å². The highest BCUT2D eigenvalue weighted by molar-refractivity contribution is 6.00. The fourth-order valence-corrected chi connectivity index (χ4v) is 2.58. The Morgan fingerprint density at radius 3 is 2.65 bits per heavy atom. The lowest BCUT2D eigenvalue weighted by molar-refractivity contribution is -0.129. The summed E-state index contributed by atoms with van der Waals surface area (Å²) in [4.78, 5) is 11.6. The van der Waals surface area contributed by atoms with Crippen molar-refractivity contribution in [3.63, 3.8) is 0 Å². The maximum Gasteiger partial charge on any atom is 0.335 e. The highest BCUT2D eigenvalue weighted by Gasteiger charge is 2.24. The molecule has 0 unspecified atom stereocenters. The van der Waals surface area contributed by atoms with Crippen LogP contribution in [0.4, 0.5) is 0 Å². The van der Waals surface area contributed by atoms with Crippen LogP contribution in [0.15, 0.2) is 43.0 Å². The number of fused-ring (bicyclic) bond motifs is 1. The van der Waals surface area contributed by atoms with Gasteiger partial charge in [-0.25, -0.2) is 4.79 Å². The first-order chi connectivity index (χ1) is 11.2. The number of carbonyl (C=O) groups is 1. The SMILES string of the molecule is C=CC(=O)Oc1c(CC)c(-c2ccccc2)c2n[nH]nc2c1O. The lowest BCUT2D eigenvalue weighted by Gasteiger charge is -2.15. The molecule has 3 rings (SSSR count). The topological polar surface area (TPSA) is 88.1 Å². The van der Waals surface area contributed by atoms with E-state index in [0.29, 0.717) is 17.5 Å². The van der Waals surface area contributed by atoms with Crippen LogP contribution < -0.4 is 4.74 Å². The Labute approximate surface area is 132 Å². The Morgan fingerprint density at radius 2 is 2.00 bits per heavy atom. The van der Waals surface area contributed by atoms with Crippen molar-refractivity contribution in [2.24, 2.45) is 0 Å². The monoisotopic (exact) mass is 309 g/mol. The zero-order valence-electron chi connectivity index (χ0n) is 12.5. The highest BCUT2D eigenvalue weighted by Crippen LogP contribution is 2.44. The highest BCUT2D eigenvalue weighted by atomic mass is 16.5. The number of ether oxygens (including phenoxy) is 1. The van der Waals surface area contributed by atoms with Gasteiger partial charge in [0.05, 0.1) is 0 Å². The van der Waals surface area contributed by atoms with Crippen LogP contribution in [-0.4, -0.2) is 26.5 Å². The first-order valence-corrected chi connectivity index (χ1v) is 7.15. The van der Waals surface area contributed by atoms with Crippen molar-refractivity contribution in [2.45, 2.75) is 13.3 Å². The largest absolute Gasteiger partial charge is 0.503 e. The van der Waals surface area contributed by atoms with E-state index in [0.717, 1.165) is 17.2 Å². The minimum Gasteiger partial charge on any atom is -0.503 e. The van der Waals surface area contributed by atoms with Gasteiger partial charge in [0.1, 0.15) is 5.52 Å². The Balaban J connectivity index is 2.37. The van der Waals surface area contributed by atoms with E-state index in [1.165, 1.54) is 0 Å². The summed E-state index contributed by atoms with van der Waals surface area (Å²) in [5, 5.41) is 21.1. The molecule has 6 nitrogen and oxygen atoms in total. The quantitative estimate of drug-likeness (QED) is 0.439. The van der Waals surface area contributed by atoms with E-state index < -0.39 is 5.97 Å². The molecule has 0 bridgehead atoms. The number of benzene rings is 2. The average molecular weight is 309 g/mol. The molecule has 0 atom stereocenters. The number of phenolic OH excluding ortho intramolecular Hbond substituents is 1. The molecular formula is C17H15N3O3. The summed E-state index contributed by atoms with van der Waals surface area (Å²) in [5.74, 6) is -0.755. The fraction of sp³-hybridized carbons (Fsp3) is 0.118. The summed E-state index contributed by atoms with van der Waals surface area (Å²) in [6.45, 7) is 5.30. The summed E-state index contributed by atoms with van der Waals surface area (Å²) < 4.78 is 5.27. The summed E-state index contributed by atoms with van der Waals surface area (Å²) >= 11 is 0. The van der Waals surface area contributed by atoms with Crippen molar-refractivity contribution >= 4 is 17.0 Å². The van der Waals surface area contributed by atoms with Crippen molar-refractivity contribution in [3.8, 4) is 22.6 Å². The molecule has 2 aromatic carbocycles. The smallest absolute Gasteiger partial charge is 0.335 e. The second-order valence-electron chi connectivity index (χ2n) is 4.90. The summed E-state index contributed by atoms with van der Waals surface area (Å²) in [7, 11) is 0. The number of phenols is 1. The second-order valence-corrected chi connectivity index (χ2v) is 4.90. The second kappa shape index (κ2) is 5.92. The molecule has 0 fully saturated rings. The maximum absolute atomic E-state index is 11.6. The Kier molecular flexibility index (Phi) is 3.80. The van der Waals surface area contributed by atoms with Gasteiger partial charge in [0.25, 0.3) is 0 Å². The zero-order valence-corrected chi connectivity index (χ0v) is 12.5. The molecule has 0 aliphatic carbocycles. The Morgan fingerprint density at radius 1 is 1.30 bits per heavy atom. The van der Waals surface area contributed by atoms with E-state index in [4.69, 9.17) is 4.74 Å². The number of H-pyrrole nitrogens is 1. The molecule has 3 aromatic rings. The zero-order chi connectivity index (χ0) is 16.4. The molecular weight excluding hydrogens is 294 g/mol. The molecule has 0 aliphatic rings. The van der Waals surface area contributed by atoms with Gasteiger partial charge in [-0.2, -0.15) is 15.4 Å². The van der Waals surface area contributed by atoms with E-state index in [-0.39, 0.29) is 17.0 Å². The van der Waals surface area contributed by atoms with Gasteiger partial charge in [0, 0.05) is 17.2 Å². The van der Waals surface area contributed by atoms with Gasteiger partial charge in [-0.15, -0.1) is 0 Å². The minimum absolute atomic E-state index is 0.0950. The van der Waals surface area contributed by atoms with Crippen LogP contribution in [0.1, 0.15) is 12.5 Å². The standard InChI is InChI=1S/C17H15N3O3/c1-3-11-13(10-8-6-5-7-9-10)14-15(19-20-18-14)16(22)17(11)23-12(21)4-2/h4-9,22H,2-3H2,1H3,(H,18,19,20). The van der Waals surface area contributed by atoms with E-state index in [9.17, 15) is 9.90 Å². The molecule has 2 N–H and O–H groups in total. The van der Waals surface area contributed by atoms with Crippen molar-refractivity contribution in [1.29, 1.82) is 0 Å². The van der Waals surface area contributed by atoms with Gasteiger partial charge >= 0.3 is 5.97 Å². The average Bonchev–Trinajstić information content (AvgIpc) is 3.07. The molecule has 6 heteroatoms. The van der Waals surface area contributed by atoms with E-state index in [2.05, 4.69) is 22.0 Å². The van der Waals surface area contributed by atoms with Crippen molar-refractivity contribution in [3.05, 3.63) is 48.6 Å². The molecule has 0 amide bonds. The number of nitrogens with zero attached hydrogens (tertiary/aromatic N) is 2. The van der Waals surface area contributed by atoms with E-state index in [1.807, 2.05) is 37.3 Å². The van der Waals surface area contributed by atoms with Gasteiger partial charge in [0.15, 0.2) is 17.0 Å². The molecule has 0 radical (unpaired) electrons. The number of aromatic nitrogens is 3. The number of hydrogen-bond donors (Lipinski definition) is 2. The minimum atomic E-state index is -0.642. The normalized spacial score (nSPS) is 10.7. The molecule has 0 saturated heterocycles. The van der Waals surface area contributed by atoms with Crippen LogP contribution >= 0.6 is 0 Å². The van der Waals surface area contributed by atoms with Crippen LogP contribution in [0.25, 0.3) is 22.2 Å². The maximum atomic E-state index is 11.6. The molecule has 1 aromatic heterocycles. The van der Waals surface area contributed by atoms with Crippen LogP contribution in [0.2, 0.25) is 0 Å². The third kappa shape index (κ3) is 2.44. The number of aromatic amines is 1. The van der Waals surface area contributed by atoms with E-state index >= 15 is 0 Å². The third-order valence-corrected chi connectivity index (χ3v) is 3.59. The predicted octanol–water partition coefficient (Wildman–Crippen LogP) is 2.98. The molecule has 23 heavy (non-hydrogen) atoms. The fourth-order valence-electron chi connectivity index (χ4n) is 2.58. The van der Waals surface area contributed by atoms with Crippen LogP contribution in [0.5, 0.6) is 11.5 Å². The van der Waals surface area contributed by atoms with Crippen molar-refractivity contribution < 1.29 is 14.6 Å². The Hall–Kier alpha value is -3.15. The molecule has 1 heterocycles. The first kappa shape index (κ1) is 14.8. The van der Waals surface area contributed by atoms with Crippen molar-refractivity contribution in [2.75, 3.05) is 0 Å². The lowest BCUT2D eigenvalue weighted by Crippen LogP contribution is -2.07. The summed E-state index contributed by atoms with van der Waals surface area (Å²) in [6, 6.07) is 9.58. The van der Waals surface area contributed by atoms with Gasteiger partial charge in [0.2, 0.25) is 0 Å². The Bertz CT molecular complexity index is 885. The third-order valence-electron chi connectivity index (χ3n) is 3.59. The molecule has 0 saturated carbocycles. The first-order valence-electron chi connectivity index (χ1n) is 7.15. The number of carbonyl (C=O) groups excluding carboxylic acids is 1. The van der Waals surface area contributed by atoms with Gasteiger partial charge < -0.3 is 9.84 Å². The number of esters is 1. The predicted molar refractivity (Wildman–Crippen MR) is 86.2 cm³/mol.